The zero-order chi connectivity index (χ0) is 20.2. The molecule has 0 bridgehead atoms. The van der Waals surface area contributed by atoms with Gasteiger partial charge in [-0.25, -0.2) is 0 Å². The summed E-state index contributed by atoms with van der Waals surface area (Å²) in [7, 11) is 0. The molecule has 0 radical (unpaired) electrons. The van der Waals surface area contributed by atoms with Crippen molar-refractivity contribution in [3.05, 3.63) is 48.5 Å². The minimum Gasteiger partial charge on any atom is -0.494 e. The van der Waals surface area contributed by atoms with Gasteiger partial charge in [-0.3, -0.25) is 4.79 Å². The first-order valence-corrected chi connectivity index (χ1v) is 10.7. The fourth-order valence-corrected chi connectivity index (χ4v) is 2.91. The summed E-state index contributed by atoms with van der Waals surface area (Å²) >= 11 is 0. The van der Waals surface area contributed by atoms with E-state index in [-0.39, 0.29) is 11.9 Å². The molecule has 0 aliphatic rings. The van der Waals surface area contributed by atoms with Crippen molar-refractivity contribution in [2.45, 2.75) is 65.7 Å². The summed E-state index contributed by atoms with van der Waals surface area (Å²) < 4.78 is 11.2. The second-order valence-corrected chi connectivity index (χ2v) is 7.40. The maximum absolute atomic E-state index is 11.9. The Kier molecular flexibility index (Phi) is 9.61. The highest BCUT2D eigenvalue weighted by Gasteiger charge is 2.12. The summed E-state index contributed by atoms with van der Waals surface area (Å²) in [5.41, 5.74) is 2.21. The lowest BCUT2D eigenvalue weighted by molar-refractivity contribution is -0.138. The fraction of sp³-hybridized carbons (Fsp3) is 0.480. The Morgan fingerprint density at radius 1 is 0.786 bits per heavy atom. The van der Waals surface area contributed by atoms with Crippen molar-refractivity contribution >= 4 is 5.97 Å². The molecule has 0 spiro atoms. The maximum atomic E-state index is 11.9. The van der Waals surface area contributed by atoms with Gasteiger partial charge >= 0.3 is 5.97 Å². The standard InChI is InChI=1S/C25H34O3/c1-4-6-7-8-9-10-19-27-23-15-11-21(12-16-23)22-13-17-24(18-14-22)28-25(26)20(3)5-2/h11-18,20H,4-10,19H2,1-3H3. The maximum Gasteiger partial charge on any atom is 0.314 e. The van der Waals surface area contributed by atoms with E-state index in [0.717, 1.165) is 36.3 Å². The highest BCUT2D eigenvalue weighted by Crippen LogP contribution is 2.25. The summed E-state index contributed by atoms with van der Waals surface area (Å²) in [5.74, 6) is 1.25. The van der Waals surface area contributed by atoms with Crippen molar-refractivity contribution in [2.24, 2.45) is 5.92 Å². The summed E-state index contributed by atoms with van der Waals surface area (Å²) in [6.07, 6.45) is 8.40. The monoisotopic (exact) mass is 382 g/mol. The third-order valence-electron chi connectivity index (χ3n) is 5.04. The van der Waals surface area contributed by atoms with E-state index in [1.165, 1.54) is 32.1 Å². The van der Waals surface area contributed by atoms with Gasteiger partial charge in [0.1, 0.15) is 11.5 Å². The highest BCUT2D eigenvalue weighted by molar-refractivity contribution is 5.75. The Hall–Kier alpha value is -2.29. The molecule has 1 unspecified atom stereocenters. The number of esters is 1. The number of carbonyl (C=O) groups is 1. The first kappa shape index (κ1) is 22.0. The van der Waals surface area contributed by atoms with E-state index < -0.39 is 0 Å². The van der Waals surface area contributed by atoms with Crippen molar-refractivity contribution < 1.29 is 14.3 Å². The normalized spacial score (nSPS) is 11.8. The van der Waals surface area contributed by atoms with E-state index >= 15 is 0 Å². The largest absolute Gasteiger partial charge is 0.494 e. The number of ether oxygens (including phenoxy) is 2. The van der Waals surface area contributed by atoms with Gasteiger partial charge in [0, 0.05) is 0 Å². The molecule has 2 rings (SSSR count). The lowest BCUT2D eigenvalue weighted by Gasteiger charge is -2.10. The van der Waals surface area contributed by atoms with Crippen LogP contribution in [0.1, 0.15) is 65.7 Å². The molecule has 0 aliphatic heterocycles. The van der Waals surface area contributed by atoms with Crippen LogP contribution in [-0.2, 0) is 4.79 Å². The lowest BCUT2D eigenvalue weighted by Crippen LogP contribution is -2.16. The molecule has 0 N–H and O–H groups in total. The Morgan fingerprint density at radius 3 is 1.89 bits per heavy atom. The Labute approximate surface area is 170 Å². The summed E-state index contributed by atoms with van der Waals surface area (Å²) in [6, 6.07) is 15.8. The van der Waals surface area contributed by atoms with E-state index in [2.05, 4.69) is 19.1 Å². The Balaban J connectivity index is 1.80. The molecule has 152 valence electrons. The number of hydrogen-bond donors (Lipinski definition) is 0. The predicted octanol–water partition coefficient (Wildman–Crippen LogP) is 7.04. The number of carbonyl (C=O) groups excluding carboxylic acids is 1. The number of benzene rings is 2. The summed E-state index contributed by atoms with van der Waals surface area (Å²) in [5, 5.41) is 0. The second kappa shape index (κ2) is 12.2. The number of unbranched alkanes of at least 4 members (excludes halogenated alkanes) is 5. The van der Waals surface area contributed by atoms with Crippen LogP contribution in [0.15, 0.2) is 48.5 Å². The van der Waals surface area contributed by atoms with Crippen molar-refractivity contribution in [1.29, 1.82) is 0 Å². The molecule has 28 heavy (non-hydrogen) atoms. The minimum atomic E-state index is -0.179. The van der Waals surface area contributed by atoms with Crippen molar-refractivity contribution in [2.75, 3.05) is 6.61 Å². The van der Waals surface area contributed by atoms with Gasteiger partial charge in [-0.1, -0.05) is 77.1 Å². The van der Waals surface area contributed by atoms with Crippen LogP contribution in [0.4, 0.5) is 0 Å². The first-order valence-electron chi connectivity index (χ1n) is 10.7. The van der Waals surface area contributed by atoms with E-state index in [1.54, 1.807) is 0 Å². The topological polar surface area (TPSA) is 35.5 Å². The van der Waals surface area contributed by atoms with Crippen LogP contribution in [0.25, 0.3) is 11.1 Å². The number of hydrogen-bond acceptors (Lipinski definition) is 3. The van der Waals surface area contributed by atoms with E-state index in [1.807, 2.05) is 50.2 Å². The molecule has 3 nitrogen and oxygen atoms in total. The van der Waals surface area contributed by atoms with Gasteiger partial charge in [0.05, 0.1) is 12.5 Å². The number of rotatable bonds is 12. The van der Waals surface area contributed by atoms with Gasteiger partial charge in [-0.2, -0.15) is 0 Å². The van der Waals surface area contributed by atoms with Crippen LogP contribution < -0.4 is 9.47 Å². The van der Waals surface area contributed by atoms with Crippen molar-refractivity contribution in [3.63, 3.8) is 0 Å². The van der Waals surface area contributed by atoms with E-state index in [4.69, 9.17) is 9.47 Å². The third-order valence-corrected chi connectivity index (χ3v) is 5.04. The van der Waals surface area contributed by atoms with Crippen LogP contribution >= 0.6 is 0 Å². The smallest absolute Gasteiger partial charge is 0.314 e. The zero-order valence-corrected chi connectivity index (χ0v) is 17.6. The quantitative estimate of drug-likeness (QED) is 0.224. The van der Waals surface area contributed by atoms with Crippen LogP contribution in [-0.4, -0.2) is 12.6 Å². The molecular formula is C25H34O3. The third kappa shape index (κ3) is 7.38. The first-order chi connectivity index (χ1) is 13.6. The van der Waals surface area contributed by atoms with Crippen molar-refractivity contribution in [1.82, 2.24) is 0 Å². The molecule has 0 saturated heterocycles. The molecule has 1 atom stereocenters. The summed E-state index contributed by atoms with van der Waals surface area (Å²) in [6.45, 7) is 6.88. The molecule has 2 aromatic carbocycles. The van der Waals surface area contributed by atoms with Gasteiger partial charge in [0.25, 0.3) is 0 Å². The van der Waals surface area contributed by atoms with E-state index in [9.17, 15) is 4.79 Å². The average Bonchev–Trinajstić information content (AvgIpc) is 2.73. The molecule has 0 fully saturated rings. The van der Waals surface area contributed by atoms with Gasteiger partial charge in [-0.15, -0.1) is 0 Å². The molecule has 3 heteroatoms. The fourth-order valence-electron chi connectivity index (χ4n) is 2.91. The molecule has 2 aromatic rings. The average molecular weight is 383 g/mol. The minimum absolute atomic E-state index is 0.0800. The SMILES string of the molecule is CCCCCCCCOc1ccc(-c2ccc(OC(=O)C(C)CC)cc2)cc1. The van der Waals surface area contributed by atoms with Gasteiger partial charge in [0.15, 0.2) is 0 Å². The molecule has 0 amide bonds. The summed E-state index contributed by atoms with van der Waals surface area (Å²) in [4.78, 5) is 11.9. The molecule has 0 saturated carbocycles. The second-order valence-electron chi connectivity index (χ2n) is 7.40. The van der Waals surface area contributed by atoms with Crippen LogP contribution in [0, 0.1) is 5.92 Å². The highest BCUT2D eigenvalue weighted by atomic mass is 16.5. The predicted molar refractivity (Wildman–Crippen MR) is 116 cm³/mol. The molecular weight excluding hydrogens is 348 g/mol. The van der Waals surface area contributed by atoms with E-state index in [0.29, 0.717) is 5.75 Å². The zero-order valence-electron chi connectivity index (χ0n) is 17.6. The molecule has 0 heterocycles. The van der Waals surface area contributed by atoms with Crippen LogP contribution in [0.5, 0.6) is 11.5 Å². The van der Waals surface area contributed by atoms with Crippen molar-refractivity contribution in [3.8, 4) is 22.6 Å². The van der Waals surface area contributed by atoms with Crippen LogP contribution in [0.2, 0.25) is 0 Å². The Morgan fingerprint density at radius 2 is 1.32 bits per heavy atom. The van der Waals surface area contributed by atoms with Gasteiger partial charge < -0.3 is 9.47 Å². The molecule has 0 aromatic heterocycles. The van der Waals surface area contributed by atoms with Gasteiger partial charge in [-0.05, 0) is 48.2 Å². The van der Waals surface area contributed by atoms with Crippen LogP contribution in [0.3, 0.4) is 0 Å². The Bertz CT molecular complexity index is 689. The van der Waals surface area contributed by atoms with Gasteiger partial charge in [0.2, 0.25) is 0 Å². The lowest BCUT2D eigenvalue weighted by atomic mass is 10.1. The molecule has 0 aliphatic carbocycles.